The first-order valence-corrected chi connectivity index (χ1v) is 11.2. The maximum atomic E-state index is 12.3. The minimum Gasteiger partial charge on any atom is -0.299 e. The van der Waals surface area contributed by atoms with E-state index in [9.17, 15) is 13.2 Å². The van der Waals surface area contributed by atoms with Crippen molar-refractivity contribution in [3.05, 3.63) is 29.8 Å². The number of carbonyl (C=O) groups is 1. The molecule has 0 fully saturated rings. The predicted molar refractivity (Wildman–Crippen MR) is 103 cm³/mol. The number of anilines is 2. The number of nitrogens with one attached hydrogen (secondary N) is 1. The number of sulfonamides is 1. The molecule has 0 saturated heterocycles. The van der Waals surface area contributed by atoms with E-state index in [1.807, 2.05) is 13.0 Å². The van der Waals surface area contributed by atoms with E-state index in [4.69, 9.17) is 0 Å². The fourth-order valence-electron chi connectivity index (χ4n) is 1.98. The van der Waals surface area contributed by atoms with Crippen LogP contribution in [0, 0.1) is 6.92 Å². The van der Waals surface area contributed by atoms with Crippen LogP contribution in [0.25, 0.3) is 0 Å². The second-order valence-electron chi connectivity index (χ2n) is 5.38. The van der Waals surface area contributed by atoms with Gasteiger partial charge in [0.1, 0.15) is 6.54 Å². The molecule has 0 radical (unpaired) electrons. The second-order valence-corrected chi connectivity index (χ2v) is 9.60. The molecule has 7 nitrogen and oxygen atoms in total. The number of amides is 1. The highest BCUT2D eigenvalue weighted by Gasteiger charge is 2.21. The lowest BCUT2D eigenvalue weighted by atomic mass is 10.2. The first-order valence-electron chi connectivity index (χ1n) is 7.60. The molecule has 0 aliphatic carbocycles. The van der Waals surface area contributed by atoms with Crippen molar-refractivity contribution in [2.45, 2.75) is 24.6 Å². The van der Waals surface area contributed by atoms with Gasteiger partial charge in [0.25, 0.3) is 0 Å². The number of nitrogens with zero attached hydrogens (tertiary/aromatic N) is 3. The molecule has 1 aromatic carbocycles. The molecule has 0 aliphatic rings. The van der Waals surface area contributed by atoms with Crippen molar-refractivity contribution in [2.24, 2.45) is 0 Å². The maximum absolute atomic E-state index is 12.3. The Kier molecular flexibility index (Phi) is 6.79. The standard InChI is InChI=1S/C15H20N4O3S3/c1-4-8-23-15-18-17-14(24-15)16-13(20)10-19(25(3,21)22)12-7-5-6-11(2)9-12/h5-7,9H,4,8,10H2,1-3H3,(H,16,17,20). The van der Waals surface area contributed by atoms with Crippen molar-refractivity contribution in [1.29, 1.82) is 0 Å². The van der Waals surface area contributed by atoms with E-state index in [1.54, 1.807) is 30.0 Å². The Labute approximate surface area is 155 Å². The third-order valence-corrected chi connectivity index (χ3v) is 6.38. The summed E-state index contributed by atoms with van der Waals surface area (Å²) in [7, 11) is -3.59. The molecule has 25 heavy (non-hydrogen) atoms. The van der Waals surface area contributed by atoms with Gasteiger partial charge < -0.3 is 0 Å². The molecule has 1 heterocycles. The summed E-state index contributed by atoms with van der Waals surface area (Å²) < 4.78 is 26.0. The third kappa shape index (κ3) is 5.98. The zero-order valence-electron chi connectivity index (χ0n) is 14.2. The Bertz CT molecular complexity index is 836. The molecule has 0 atom stereocenters. The highest BCUT2D eigenvalue weighted by atomic mass is 32.2. The third-order valence-electron chi connectivity index (χ3n) is 3.06. The van der Waals surface area contributed by atoms with Gasteiger partial charge in [0, 0.05) is 5.75 Å². The zero-order chi connectivity index (χ0) is 18.4. The molecule has 1 aromatic heterocycles. The normalized spacial score (nSPS) is 11.3. The number of hydrogen-bond acceptors (Lipinski definition) is 7. The Morgan fingerprint density at radius 2 is 2.12 bits per heavy atom. The quantitative estimate of drug-likeness (QED) is 0.541. The Hall–Kier alpha value is -1.65. The molecular weight excluding hydrogens is 380 g/mol. The van der Waals surface area contributed by atoms with E-state index in [2.05, 4.69) is 22.4 Å². The van der Waals surface area contributed by atoms with E-state index >= 15 is 0 Å². The van der Waals surface area contributed by atoms with Gasteiger partial charge >= 0.3 is 0 Å². The average molecular weight is 401 g/mol. The molecule has 1 amide bonds. The van der Waals surface area contributed by atoms with Crippen LogP contribution in [-0.4, -0.2) is 43.1 Å². The van der Waals surface area contributed by atoms with Gasteiger partial charge in [-0.05, 0) is 31.0 Å². The van der Waals surface area contributed by atoms with Crippen LogP contribution in [0.3, 0.4) is 0 Å². The topological polar surface area (TPSA) is 92.3 Å². The summed E-state index contributed by atoms with van der Waals surface area (Å²) in [5.74, 6) is 0.466. The Morgan fingerprint density at radius 1 is 1.36 bits per heavy atom. The molecule has 0 spiro atoms. The molecule has 0 bridgehead atoms. The number of benzene rings is 1. The first kappa shape index (κ1) is 19.7. The fourth-order valence-corrected chi connectivity index (χ4v) is 4.52. The smallest absolute Gasteiger partial charge is 0.246 e. The van der Waals surface area contributed by atoms with E-state index in [-0.39, 0.29) is 6.54 Å². The Morgan fingerprint density at radius 3 is 2.76 bits per heavy atom. The lowest BCUT2D eigenvalue weighted by Gasteiger charge is -2.21. The summed E-state index contributed by atoms with van der Waals surface area (Å²) in [5.41, 5.74) is 1.36. The first-order chi connectivity index (χ1) is 11.8. The van der Waals surface area contributed by atoms with Crippen molar-refractivity contribution < 1.29 is 13.2 Å². The van der Waals surface area contributed by atoms with Crippen LogP contribution in [-0.2, 0) is 14.8 Å². The van der Waals surface area contributed by atoms with E-state index < -0.39 is 15.9 Å². The minimum absolute atomic E-state index is 0.320. The van der Waals surface area contributed by atoms with Gasteiger partial charge in [-0.25, -0.2) is 8.42 Å². The van der Waals surface area contributed by atoms with Gasteiger partial charge in [-0.3, -0.25) is 14.4 Å². The minimum atomic E-state index is -3.59. The van der Waals surface area contributed by atoms with E-state index in [0.717, 1.165) is 32.6 Å². The Balaban J connectivity index is 2.08. The lowest BCUT2D eigenvalue weighted by molar-refractivity contribution is -0.114. The van der Waals surface area contributed by atoms with Crippen molar-refractivity contribution in [1.82, 2.24) is 10.2 Å². The van der Waals surface area contributed by atoms with Crippen molar-refractivity contribution in [2.75, 3.05) is 28.2 Å². The summed E-state index contributed by atoms with van der Waals surface area (Å²) in [6.07, 6.45) is 2.10. The number of aryl methyl sites for hydroxylation is 1. The summed E-state index contributed by atoms with van der Waals surface area (Å²) in [4.78, 5) is 12.3. The molecular formula is C15H20N4O3S3. The van der Waals surface area contributed by atoms with Gasteiger partial charge in [-0.2, -0.15) is 0 Å². The van der Waals surface area contributed by atoms with Crippen LogP contribution in [0.4, 0.5) is 10.8 Å². The van der Waals surface area contributed by atoms with E-state index in [1.165, 1.54) is 11.3 Å². The highest BCUT2D eigenvalue weighted by Crippen LogP contribution is 2.26. The molecule has 0 unspecified atom stereocenters. The second kappa shape index (κ2) is 8.63. The molecule has 10 heteroatoms. The summed E-state index contributed by atoms with van der Waals surface area (Å²) in [6, 6.07) is 6.99. The summed E-state index contributed by atoms with van der Waals surface area (Å²) in [5, 5.41) is 10.9. The molecule has 2 aromatic rings. The highest BCUT2D eigenvalue weighted by molar-refractivity contribution is 8.01. The number of rotatable bonds is 8. The van der Waals surface area contributed by atoms with Crippen molar-refractivity contribution in [3.8, 4) is 0 Å². The van der Waals surface area contributed by atoms with Gasteiger partial charge in [-0.1, -0.05) is 42.2 Å². The molecule has 0 aliphatic heterocycles. The number of aromatic nitrogens is 2. The molecule has 136 valence electrons. The SMILES string of the molecule is CCCSc1nnc(NC(=O)CN(c2cccc(C)c2)S(C)(=O)=O)s1. The molecule has 1 N–H and O–H groups in total. The monoisotopic (exact) mass is 400 g/mol. The lowest BCUT2D eigenvalue weighted by Crippen LogP contribution is -2.37. The van der Waals surface area contributed by atoms with E-state index in [0.29, 0.717) is 10.8 Å². The van der Waals surface area contributed by atoms with Crippen molar-refractivity contribution >= 4 is 49.8 Å². The number of thioether (sulfide) groups is 1. The fraction of sp³-hybridized carbons (Fsp3) is 0.400. The van der Waals surface area contributed by atoms with Crippen LogP contribution in [0.5, 0.6) is 0 Å². The van der Waals surface area contributed by atoms with Crippen LogP contribution in [0.15, 0.2) is 28.6 Å². The maximum Gasteiger partial charge on any atom is 0.246 e. The molecule has 0 saturated carbocycles. The summed E-state index contributed by atoms with van der Waals surface area (Å²) in [6.45, 7) is 3.61. The van der Waals surface area contributed by atoms with Gasteiger partial charge in [-0.15, -0.1) is 10.2 Å². The number of hydrogen-bond donors (Lipinski definition) is 1. The van der Waals surface area contributed by atoms with Gasteiger partial charge in [0.15, 0.2) is 4.34 Å². The zero-order valence-corrected chi connectivity index (χ0v) is 16.7. The molecule has 2 rings (SSSR count). The predicted octanol–water partition coefficient (Wildman–Crippen LogP) is 2.75. The van der Waals surface area contributed by atoms with Crippen LogP contribution < -0.4 is 9.62 Å². The van der Waals surface area contributed by atoms with Gasteiger partial charge in [0.2, 0.25) is 21.1 Å². The van der Waals surface area contributed by atoms with Crippen LogP contribution >= 0.6 is 23.1 Å². The summed E-state index contributed by atoms with van der Waals surface area (Å²) >= 11 is 2.85. The average Bonchev–Trinajstić information content (AvgIpc) is 2.97. The number of carbonyl (C=O) groups excluding carboxylic acids is 1. The largest absolute Gasteiger partial charge is 0.299 e. The van der Waals surface area contributed by atoms with Crippen LogP contribution in [0.1, 0.15) is 18.9 Å². The van der Waals surface area contributed by atoms with Crippen LogP contribution in [0.2, 0.25) is 0 Å². The van der Waals surface area contributed by atoms with Crippen molar-refractivity contribution in [3.63, 3.8) is 0 Å². The van der Waals surface area contributed by atoms with Gasteiger partial charge in [0.05, 0.1) is 11.9 Å².